The van der Waals surface area contributed by atoms with E-state index in [1.165, 1.54) is 0 Å². The van der Waals surface area contributed by atoms with Crippen LogP contribution in [0.4, 0.5) is 0 Å². The molecule has 0 bridgehead atoms. The van der Waals surface area contributed by atoms with Gasteiger partial charge in [0, 0.05) is 23.4 Å². The maximum atomic E-state index is 12.4. The maximum absolute atomic E-state index is 12.4. The van der Waals surface area contributed by atoms with E-state index in [9.17, 15) is 4.55 Å². The van der Waals surface area contributed by atoms with Crippen LogP contribution in [-0.4, -0.2) is 20.7 Å². The van der Waals surface area contributed by atoms with Crippen molar-refractivity contribution in [2.24, 2.45) is 0 Å². The third-order valence-corrected chi connectivity index (χ3v) is 4.90. The highest BCUT2D eigenvalue weighted by atomic mass is 35.5. The monoisotopic (exact) mass is 287 g/mol. The summed E-state index contributed by atoms with van der Waals surface area (Å²) in [5.41, 5.74) is 1.12. The topological polar surface area (TPSA) is 26.3 Å². The molecule has 102 valence electrons. The van der Waals surface area contributed by atoms with Gasteiger partial charge in [0.1, 0.15) is 4.75 Å². The average molecular weight is 288 g/mol. The Balaban J connectivity index is 2.97. The highest BCUT2D eigenvalue weighted by Gasteiger charge is 2.34. The van der Waals surface area contributed by atoms with E-state index >= 15 is 0 Å². The number of hydrogen-bond acceptors (Lipinski definition) is 2. The molecule has 0 radical (unpaired) electrons. The predicted molar refractivity (Wildman–Crippen MR) is 80.1 cm³/mol. The van der Waals surface area contributed by atoms with E-state index < -0.39 is 11.4 Å². The van der Waals surface area contributed by atoms with Crippen molar-refractivity contribution in [1.82, 2.24) is 4.31 Å². The highest BCUT2D eigenvalue weighted by Crippen LogP contribution is 2.31. The van der Waals surface area contributed by atoms with Crippen LogP contribution in [0.1, 0.15) is 45.7 Å². The van der Waals surface area contributed by atoms with Crippen LogP contribution in [0.3, 0.4) is 0 Å². The van der Waals surface area contributed by atoms with Crippen LogP contribution < -0.4 is 0 Å². The Morgan fingerprint density at radius 3 is 2.44 bits per heavy atom. The van der Waals surface area contributed by atoms with Gasteiger partial charge in [-0.15, -0.1) is 4.31 Å². The summed E-state index contributed by atoms with van der Waals surface area (Å²) >= 11 is 5.00. The fourth-order valence-corrected chi connectivity index (χ4v) is 3.53. The van der Waals surface area contributed by atoms with Crippen LogP contribution in [0.25, 0.3) is 0 Å². The van der Waals surface area contributed by atoms with Gasteiger partial charge in [0.05, 0.1) is 6.04 Å². The summed E-state index contributed by atoms with van der Waals surface area (Å²) in [6.45, 7) is 8.07. The first kappa shape index (κ1) is 15.8. The highest BCUT2D eigenvalue weighted by molar-refractivity contribution is 7.90. The van der Waals surface area contributed by atoms with Gasteiger partial charge in [-0.3, -0.25) is 0 Å². The van der Waals surface area contributed by atoms with Gasteiger partial charge in [0.2, 0.25) is 0 Å². The number of rotatable bonds is 4. The van der Waals surface area contributed by atoms with Crippen molar-refractivity contribution in [3.8, 4) is 0 Å². The van der Waals surface area contributed by atoms with Gasteiger partial charge in [-0.25, -0.2) is 0 Å². The summed E-state index contributed by atoms with van der Waals surface area (Å²) in [6, 6.07) is 7.92. The lowest BCUT2D eigenvalue weighted by Gasteiger charge is -2.34. The molecule has 1 aromatic rings. The van der Waals surface area contributed by atoms with Crippen molar-refractivity contribution in [2.75, 3.05) is 7.05 Å². The number of nitrogens with zero attached hydrogens (tertiary/aromatic N) is 1. The van der Waals surface area contributed by atoms with Gasteiger partial charge in [-0.2, -0.15) is 0 Å². The minimum atomic E-state index is -1.03. The molecule has 0 saturated carbocycles. The lowest BCUT2D eigenvalue weighted by atomic mass is 10.1. The Bertz CT molecular complexity index is 392. The molecular weight excluding hydrogens is 266 g/mol. The molecule has 0 aliphatic rings. The van der Waals surface area contributed by atoms with Gasteiger partial charge < -0.3 is 4.55 Å². The molecule has 0 aromatic heterocycles. The lowest BCUT2D eigenvalue weighted by Crippen LogP contribution is -2.42. The van der Waals surface area contributed by atoms with Gasteiger partial charge >= 0.3 is 0 Å². The van der Waals surface area contributed by atoms with E-state index in [1.54, 1.807) is 0 Å². The second-order valence-corrected chi connectivity index (χ2v) is 8.12. The minimum absolute atomic E-state index is 0.128. The Hall–Kier alpha value is -0.220. The normalized spacial score (nSPS) is 15.8. The third-order valence-electron chi connectivity index (χ3n) is 2.84. The molecule has 0 spiro atoms. The fourth-order valence-electron chi connectivity index (χ4n) is 1.96. The first-order chi connectivity index (χ1) is 8.27. The Morgan fingerprint density at radius 1 is 1.39 bits per heavy atom. The van der Waals surface area contributed by atoms with Gasteiger partial charge in [0.15, 0.2) is 0 Å². The Kier molecular flexibility index (Phi) is 5.53. The molecule has 2 nitrogen and oxygen atoms in total. The smallest absolute Gasteiger partial charge is 0.137 e. The zero-order chi connectivity index (χ0) is 13.9. The Labute approximate surface area is 119 Å². The Morgan fingerprint density at radius 2 is 2.00 bits per heavy atom. The van der Waals surface area contributed by atoms with Crippen molar-refractivity contribution in [2.45, 2.75) is 44.9 Å². The molecule has 0 heterocycles. The minimum Gasteiger partial charge on any atom is -0.597 e. The average Bonchev–Trinajstić information content (AvgIpc) is 2.27. The molecule has 0 fully saturated rings. The first-order valence-electron chi connectivity index (χ1n) is 6.17. The quantitative estimate of drug-likeness (QED) is 0.777. The summed E-state index contributed by atoms with van der Waals surface area (Å²) in [5.74, 6) is 0. The van der Waals surface area contributed by atoms with Gasteiger partial charge in [-0.05, 0) is 44.9 Å². The van der Waals surface area contributed by atoms with Crippen molar-refractivity contribution in [3.05, 3.63) is 34.9 Å². The summed E-state index contributed by atoms with van der Waals surface area (Å²) in [7, 11) is 1.91. The van der Waals surface area contributed by atoms with Crippen LogP contribution in [0.15, 0.2) is 24.3 Å². The summed E-state index contributed by atoms with van der Waals surface area (Å²) in [6.07, 6.45) is 0.901. The first-order valence-corrected chi connectivity index (χ1v) is 7.66. The van der Waals surface area contributed by atoms with Crippen molar-refractivity contribution < 1.29 is 4.55 Å². The van der Waals surface area contributed by atoms with E-state index in [4.69, 9.17) is 11.6 Å². The van der Waals surface area contributed by atoms with E-state index in [0.717, 1.165) is 17.0 Å². The zero-order valence-electron chi connectivity index (χ0n) is 11.7. The van der Waals surface area contributed by atoms with E-state index in [1.807, 2.05) is 56.4 Å². The molecule has 4 heteroatoms. The number of halogens is 1. The van der Waals surface area contributed by atoms with Crippen LogP contribution in [0, 0.1) is 0 Å². The van der Waals surface area contributed by atoms with Gasteiger partial charge in [-0.1, -0.05) is 30.7 Å². The van der Waals surface area contributed by atoms with E-state index in [-0.39, 0.29) is 10.8 Å². The van der Waals surface area contributed by atoms with Crippen molar-refractivity contribution >= 4 is 23.0 Å². The molecule has 0 amide bonds. The fraction of sp³-hybridized carbons (Fsp3) is 0.571. The summed E-state index contributed by atoms with van der Waals surface area (Å²) in [4.78, 5) is 0. The van der Waals surface area contributed by atoms with Gasteiger partial charge in [0.25, 0.3) is 0 Å². The summed E-state index contributed by atoms with van der Waals surface area (Å²) in [5, 5.41) is 0.723. The molecule has 0 aliphatic heterocycles. The summed E-state index contributed by atoms with van der Waals surface area (Å²) < 4.78 is 14.1. The molecule has 1 aromatic carbocycles. The second-order valence-electron chi connectivity index (χ2n) is 5.39. The van der Waals surface area contributed by atoms with Crippen molar-refractivity contribution in [3.63, 3.8) is 0 Å². The third kappa shape index (κ3) is 3.89. The SMILES string of the molecule is CCC(c1cccc(Cl)c1)N(C)[S+]([O-])C(C)(C)C. The number of hydrogen-bond donors (Lipinski definition) is 0. The van der Waals surface area contributed by atoms with Crippen LogP contribution in [0.5, 0.6) is 0 Å². The van der Waals surface area contributed by atoms with Crippen LogP contribution in [-0.2, 0) is 11.4 Å². The largest absolute Gasteiger partial charge is 0.597 e. The molecule has 0 aliphatic carbocycles. The molecule has 2 atom stereocenters. The zero-order valence-corrected chi connectivity index (χ0v) is 13.3. The predicted octanol–water partition coefficient (Wildman–Crippen LogP) is 4.19. The van der Waals surface area contributed by atoms with Crippen molar-refractivity contribution in [1.29, 1.82) is 0 Å². The van der Waals surface area contributed by atoms with Crippen LogP contribution in [0.2, 0.25) is 5.02 Å². The molecule has 1 rings (SSSR count). The molecule has 2 unspecified atom stereocenters. The second kappa shape index (κ2) is 6.29. The molecule has 18 heavy (non-hydrogen) atoms. The maximum Gasteiger partial charge on any atom is 0.137 e. The standard InChI is InChI=1S/C14H22ClNOS/c1-6-13(11-8-7-9-12(15)10-11)16(5)18(17)14(2,3)4/h7-10,13H,6H2,1-5H3. The molecular formula is C14H22ClNOS. The van der Waals surface area contributed by atoms with E-state index in [0.29, 0.717) is 0 Å². The number of benzene rings is 1. The molecule has 0 N–H and O–H groups in total. The van der Waals surface area contributed by atoms with Crippen LogP contribution >= 0.6 is 11.6 Å². The van der Waals surface area contributed by atoms with E-state index in [2.05, 4.69) is 6.92 Å². The molecule has 0 saturated heterocycles. The lowest BCUT2D eigenvalue weighted by molar-refractivity contribution is 0.354.